The number of aliphatic carboxylic acids is 1. The quantitative estimate of drug-likeness (QED) is 0.803. The zero-order valence-electron chi connectivity index (χ0n) is 11.9. The molecule has 0 unspecified atom stereocenters. The Kier molecular flexibility index (Phi) is 5.84. The Bertz CT molecular complexity index is 546. The molecule has 110 valence electrons. The Morgan fingerprint density at radius 3 is 2.24 bits per heavy atom. The first-order valence-electron chi connectivity index (χ1n) is 6.98. The molecule has 2 rings (SSSR count). The van der Waals surface area contributed by atoms with E-state index in [1.165, 1.54) is 0 Å². The molecule has 0 aliphatic carbocycles. The fourth-order valence-corrected chi connectivity index (χ4v) is 2.06. The van der Waals surface area contributed by atoms with Crippen LogP contribution in [0.25, 0.3) is 0 Å². The fraction of sp³-hybridized carbons (Fsp3) is 0.312. The molecule has 0 aromatic carbocycles. The standard InChI is InChI=1S/C16H19N3O2/c20-16(21)8-12-19(13-15-6-2-4-10-18-15)11-7-14-5-1-3-9-17-14/h1-6,9-10H,7-8,11-13H2,(H,20,21). The van der Waals surface area contributed by atoms with E-state index < -0.39 is 5.97 Å². The van der Waals surface area contributed by atoms with Crippen LogP contribution in [0.4, 0.5) is 0 Å². The van der Waals surface area contributed by atoms with Crippen LogP contribution in [-0.2, 0) is 17.8 Å². The summed E-state index contributed by atoms with van der Waals surface area (Å²) >= 11 is 0. The number of hydrogen-bond donors (Lipinski definition) is 1. The van der Waals surface area contributed by atoms with Gasteiger partial charge in [0.15, 0.2) is 0 Å². The van der Waals surface area contributed by atoms with E-state index in [1.807, 2.05) is 36.4 Å². The highest BCUT2D eigenvalue weighted by Gasteiger charge is 2.09. The molecule has 2 aromatic rings. The molecule has 0 bridgehead atoms. The van der Waals surface area contributed by atoms with Gasteiger partial charge in [-0.3, -0.25) is 19.7 Å². The van der Waals surface area contributed by atoms with Crippen LogP contribution in [0.1, 0.15) is 17.8 Å². The second-order valence-corrected chi connectivity index (χ2v) is 4.81. The fourth-order valence-electron chi connectivity index (χ4n) is 2.06. The van der Waals surface area contributed by atoms with E-state index in [-0.39, 0.29) is 6.42 Å². The molecule has 0 saturated carbocycles. The highest BCUT2D eigenvalue weighted by atomic mass is 16.4. The molecule has 0 aliphatic heterocycles. The number of pyridine rings is 2. The smallest absolute Gasteiger partial charge is 0.304 e. The van der Waals surface area contributed by atoms with Crippen molar-refractivity contribution in [2.45, 2.75) is 19.4 Å². The van der Waals surface area contributed by atoms with Gasteiger partial charge in [0.2, 0.25) is 0 Å². The van der Waals surface area contributed by atoms with Gasteiger partial charge >= 0.3 is 5.97 Å². The number of aromatic nitrogens is 2. The minimum atomic E-state index is -0.779. The SMILES string of the molecule is O=C(O)CCN(CCc1ccccn1)Cc1ccccn1. The van der Waals surface area contributed by atoms with Crippen molar-refractivity contribution in [1.82, 2.24) is 14.9 Å². The topological polar surface area (TPSA) is 66.3 Å². The number of carbonyl (C=O) groups is 1. The minimum absolute atomic E-state index is 0.134. The average Bonchev–Trinajstić information content (AvgIpc) is 2.52. The van der Waals surface area contributed by atoms with Crippen LogP contribution in [0.3, 0.4) is 0 Å². The summed E-state index contributed by atoms with van der Waals surface area (Å²) in [5.74, 6) is -0.779. The summed E-state index contributed by atoms with van der Waals surface area (Å²) in [5.41, 5.74) is 1.96. The van der Waals surface area contributed by atoms with Gasteiger partial charge in [-0.1, -0.05) is 12.1 Å². The van der Waals surface area contributed by atoms with Crippen LogP contribution in [0, 0.1) is 0 Å². The molecule has 0 radical (unpaired) electrons. The van der Waals surface area contributed by atoms with E-state index in [4.69, 9.17) is 5.11 Å². The molecule has 2 heterocycles. The van der Waals surface area contributed by atoms with Gasteiger partial charge in [0.25, 0.3) is 0 Å². The second-order valence-electron chi connectivity index (χ2n) is 4.81. The van der Waals surface area contributed by atoms with Gasteiger partial charge in [-0.2, -0.15) is 0 Å². The van der Waals surface area contributed by atoms with E-state index in [0.717, 1.165) is 24.4 Å². The molecule has 0 fully saturated rings. The molecule has 2 aromatic heterocycles. The zero-order chi connectivity index (χ0) is 14.9. The molecule has 5 heteroatoms. The van der Waals surface area contributed by atoms with Crippen LogP contribution < -0.4 is 0 Å². The number of rotatable bonds is 8. The highest BCUT2D eigenvalue weighted by molar-refractivity contribution is 5.66. The Labute approximate surface area is 124 Å². The lowest BCUT2D eigenvalue weighted by atomic mass is 10.2. The number of hydrogen-bond acceptors (Lipinski definition) is 4. The van der Waals surface area contributed by atoms with Gasteiger partial charge in [-0.05, 0) is 24.3 Å². The molecule has 0 spiro atoms. The van der Waals surface area contributed by atoms with Crippen LogP contribution in [0.5, 0.6) is 0 Å². The molecule has 1 N–H and O–H groups in total. The van der Waals surface area contributed by atoms with Crippen LogP contribution in [0.15, 0.2) is 48.8 Å². The van der Waals surface area contributed by atoms with E-state index in [9.17, 15) is 4.79 Å². The lowest BCUT2D eigenvalue weighted by molar-refractivity contribution is -0.137. The van der Waals surface area contributed by atoms with Crippen LogP contribution in [0.2, 0.25) is 0 Å². The van der Waals surface area contributed by atoms with Crippen molar-refractivity contribution >= 4 is 5.97 Å². The highest BCUT2D eigenvalue weighted by Crippen LogP contribution is 2.05. The third kappa shape index (κ3) is 5.71. The first-order valence-corrected chi connectivity index (χ1v) is 6.98. The van der Waals surface area contributed by atoms with E-state index >= 15 is 0 Å². The summed E-state index contributed by atoms with van der Waals surface area (Å²) in [4.78, 5) is 21.5. The Hall–Kier alpha value is -2.27. The molecule has 0 saturated heterocycles. The summed E-state index contributed by atoms with van der Waals surface area (Å²) in [5, 5.41) is 8.86. The summed E-state index contributed by atoms with van der Waals surface area (Å²) in [6.07, 6.45) is 4.46. The average molecular weight is 285 g/mol. The zero-order valence-corrected chi connectivity index (χ0v) is 11.9. The second kappa shape index (κ2) is 8.11. The van der Waals surface area contributed by atoms with E-state index in [1.54, 1.807) is 12.4 Å². The van der Waals surface area contributed by atoms with Crippen LogP contribution in [-0.4, -0.2) is 39.0 Å². The lowest BCUT2D eigenvalue weighted by Crippen LogP contribution is -2.28. The molecule has 5 nitrogen and oxygen atoms in total. The Balaban J connectivity index is 1.93. The maximum atomic E-state index is 10.8. The van der Waals surface area contributed by atoms with Gasteiger partial charge in [0, 0.05) is 44.1 Å². The molecule has 21 heavy (non-hydrogen) atoms. The van der Waals surface area contributed by atoms with Gasteiger partial charge < -0.3 is 5.11 Å². The predicted octanol–water partition coefficient (Wildman–Crippen LogP) is 2.00. The Morgan fingerprint density at radius 2 is 1.67 bits per heavy atom. The Morgan fingerprint density at radius 1 is 1.00 bits per heavy atom. The van der Waals surface area contributed by atoms with Gasteiger partial charge in [0.1, 0.15) is 0 Å². The molecular weight excluding hydrogens is 266 g/mol. The molecular formula is C16H19N3O2. The van der Waals surface area contributed by atoms with Crippen molar-refractivity contribution in [2.75, 3.05) is 13.1 Å². The van der Waals surface area contributed by atoms with Crippen molar-refractivity contribution in [3.63, 3.8) is 0 Å². The summed E-state index contributed by atoms with van der Waals surface area (Å²) in [6.45, 7) is 1.93. The van der Waals surface area contributed by atoms with Crippen molar-refractivity contribution in [3.05, 3.63) is 60.2 Å². The van der Waals surface area contributed by atoms with Gasteiger partial charge in [-0.25, -0.2) is 0 Å². The molecule has 0 aliphatic rings. The monoisotopic (exact) mass is 285 g/mol. The lowest BCUT2D eigenvalue weighted by Gasteiger charge is -2.20. The summed E-state index contributed by atoms with van der Waals surface area (Å²) in [7, 11) is 0. The number of carboxylic acids is 1. The summed E-state index contributed by atoms with van der Waals surface area (Å²) in [6, 6.07) is 11.6. The number of carboxylic acid groups (broad SMARTS) is 1. The van der Waals surface area contributed by atoms with E-state index in [2.05, 4.69) is 14.9 Å². The van der Waals surface area contributed by atoms with Gasteiger partial charge in [-0.15, -0.1) is 0 Å². The molecule has 0 amide bonds. The van der Waals surface area contributed by atoms with Crippen molar-refractivity contribution in [2.24, 2.45) is 0 Å². The maximum absolute atomic E-state index is 10.8. The minimum Gasteiger partial charge on any atom is -0.481 e. The van der Waals surface area contributed by atoms with Crippen molar-refractivity contribution in [1.29, 1.82) is 0 Å². The first kappa shape index (κ1) is 15.1. The van der Waals surface area contributed by atoms with Crippen molar-refractivity contribution in [3.8, 4) is 0 Å². The third-order valence-electron chi connectivity index (χ3n) is 3.16. The largest absolute Gasteiger partial charge is 0.481 e. The maximum Gasteiger partial charge on any atom is 0.304 e. The third-order valence-corrected chi connectivity index (χ3v) is 3.16. The summed E-state index contributed by atoms with van der Waals surface area (Å²) < 4.78 is 0. The van der Waals surface area contributed by atoms with Crippen LogP contribution >= 0.6 is 0 Å². The number of nitrogens with zero attached hydrogens (tertiary/aromatic N) is 3. The van der Waals surface area contributed by atoms with Gasteiger partial charge in [0.05, 0.1) is 12.1 Å². The predicted molar refractivity (Wildman–Crippen MR) is 79.7 cm³/mol. The first-order chi connectivity index (χ1) is 10.2. The van der Waals surface area contributed by atoms with E-state index in [0.29, 0.717) is 13.1 Å². The molecule has 0 atom stereocenters. The normalized spacial score (nSPS) is 10.7. The van der Waals surface area contributed by atoms with Crippen molar-refractivity contribution < 1.29 is 9.90 Å².